The van der Waals surface area contributed by atoms with Crippen LogP contribution in [-0.2, 0) is 16.0 Å². The smallest absolute Gasteiger partial charge is 0.227 e. The third-order valence-corrected chi connectivity index (χ3v) is 4.31. The van der Waals surface area contributed by atoms with Gasteiger partial charge in [-0.25, -0.2) is 0 Å². The molecule has 2 fully saturated rings. The molecule has 2 aliphatic rings. The summed E-state index contributed by atoms with van der Waals surface area (Å²) in [6.45, 7) is 4.11. The largest absolute Gasteiger partial charge is 0.399 e. The summed E-state index contributed by atoms with van der Waals surface area (Å²) >= 11 is 0. The van der Waals surface area contributed by atoms with E-state index in [1.54, 1.807) is 0 Å². The summed E-state index contributed by atoms with van der Waals surface area (Å²) in [7, 11) is 2.12. The predicted octanol–water partition coefficient (Wildman–Crippen LogP) is 1.44. The first kappa shape index (κ1) is 20.0. The molecular weight excluding hydrogens is 337 g/mol. The highest BCUT2D eigenvalue weighted by molar-refractivity contribution is 5.85. The molecule has 2 bridgehead atoms. The number of nitrogens with zero attached hydrogens (tertiary/aromatic N) is 2. The van der Waals surface area contributed by atoms with E-state index in [0.717, 1.165) is 37.5 Å². The number of amides is 1. The maximum Gasteiger partial charge on any atom is 0.227 e. The molecule has 0 radical (unpaired) electrons. The highest BCUT2D eigenvalue weighted by Gasteiger charge is 2.34. The monoisotopic (exact) mass is 361 g/mol. The third kappa shape index (κ3) is 4.98. The topological polar surface area (TPSA) is 58.8 Å². The van der Waals surface area contributed by atoms with E-state index in [1.807, 2.05) is 29.2 Å². The number of nitrogens with two attached hydrogens (primary N) is 1. The first-order chi connectivity index (χ1) is 10.1. The average Bonchev–Trinajstić information content (AvgIpc) is 2.71. The summed E-state index contributed by atoms with van der Waals surface area (Å²) in [4.78, 5) is 17.0. The molecule has 2 N–H and O–H groups in total. The molecule has 1 aromatic carbocycles. The summed E-state index contributed by atoms with van der Waals surface area (Å²) in [5.41, 5.74) is 7.43. The number of carbonyl (C=O) groups is 1. The number of benzene rings is 1. The Morgan fingerprint density at radius 2 is 1.87 bits per heavy atom. The van der Waals surface area contributed by atoms with E-state index < -0.39 is 0 Å². The average molecular weight is 362 g/mol. The number of likely N-dealkylation sites (N-methyl/N-ethyl adjacent to an activating group) is 1. The van der Waals surface area contributed by atoms with Crippen molar-refractivity contribution in [1.82, 2.24) is 9.80 Å². The minimum Gasteiger partial charge on any atom is -0.399 e. The van der Waals surface area contributed by atoms with E-state index in [9.17, 15) is 4.79 Å². The summed E-state index contributed by atoms with van der Waals surface area (Å²) in [6.07, 6.45) is 0.438. The second-order valence-corrected chi connectivity index (χ2v) is 6.24. The normalized spacial score (nSPS) is 24.1. The van der Waals surface area contributed by atoms with E-state index in [-0.39, 0.29) is 36.8 Å². The van der Waals surface area contributed by atoms with Gasteiger partial charge in [0.1, 0.15) is 0 Å². The number of nitrogen functional groups attached to an aromatic ring is 1. The van der Waals surface area contributed by atoms with Gasteiger partial charge in [-0.1, -0.05) is 12.1 Å². The molecule has 1 amide bonds. The van der Waals surface area contributed by atoms with Crippen molar-refractivity contribution in [2.24, 2.45) is 5.92 Å². The van der Waals surface area contributed by atoms with Crippen molar-refractivity contribution in [2.75, 3.05) is 45.6 Å². The number of fused-ring (bicyclic) bond motifs is 3. The molecule has 23 heavy (non-hydrogen) atoms. The lowest BCUT2D eigenvalue weighted by atomic mass is 10.1. The van der Waals surface area contributed by atoms with Gasteiger partial charge >= 0.3 is 0 Å². The minimum atomic E-state index is 0. The van der Waals surface area contributed by atoms with E-state index in [4.69, 9.17) is 10.5 Å². The molecule has 0 aliphatic carbocycles. The lowest BCUT2D eigenvalue weighted by Gasteiger charge is -2.29. The van der Waals surface area contributed by atoms with Crippen LogP contribution < -0.4 is 5.73 Å². The molecule has 130 valence electrons. The van der Waals surface area contributed by atoms with E-state index in [1.165, 1.54) is 0 Å². The highest BCUT2D eigenvalue weighted by Crippen LogP contribution is 2.20. The van der Waals surface area contributed by atoms with E-state index in [2.05, 4.69) is 11.9 Å². The van der Waals surface area contributed by atoms with Crippen molar-refractivity contribution >= 4 is 36.4 Å². The van der Waals surface area contributed by atoms with Crippen LogP contribution in [0.25, 0.3) is 0 Å². The zero-order valence-corrected chi connectivity index (χ0v) is 14.9. The van der Waals surface area contributed by atoms with Gasteiger partial charge in [0.25, 0.3) is 0 Å². The molecule has 1 aromatic rings. The lowest BCUT2D eigenvalue weighted by molar-refractivity contribution is -0.133. The molecule has 2 aliphatic heterocycles. The molecule has 0 saturated carbocycles. The van der Waals surface area contributed by atoms with E-state index in [0.29, 0.717) is 18.9 Å². The van der Waals surface area contributed by atoms with Crippen LogP contribution in [-0.4, -0.2) is 61.6 Å². The lowest BCUT2D eigenvalue weighted by Crippen LogP contribution is -2.46. The maximum atomic E-state index is 12.7. The van der Waals surface area contributed by atoms with Gasteiger partial charge in [-0.2, -0.15) is 0 Å². The zero-order chi connectivity index (χ0) is 14.8. The van der Waals surface area contributed by atoms with Crippen molar-refractivity contribution < 1.29 is 9.53 Å². The second-order valence-electron chi connectivity index (χ2n) is 6.24. The maximum absolute atomic E-state index is 12.7. The van der Waals surface area contributed by atoms with Crippen LogP contribution in [0, 0.1) is 5.92 Å². The summed E-state index contributed by atoms with van der Waals surface area (Å²) in [5, 5.41) is 0. The SMILES string of the molecule is CN1C[C@@H]2COC[C@H](C1)N(C(=O)Cc1ccc(N)cc1)C2.Cl.Cl. The van der Waals surface area contributed by atoms with Crippen molar-refractivity contribution in [3.63, 3.8) is 0 Å². The number of halogens is 2. The zero-order valence-electron chi connectivity index (χ0n) is 13.3. The third-order valence-electron chi connectivity index (χ3n) is 4.31. The van der Waals surface area contributed by atoms with Gasteiger partial charge in [-0.05, 0) is 24.7 Å². The Kier molecular flexibility index (Phi) is 7.61. The Bertz CT molecular complexity index is 513. The number of hydrogen-bond acceptors (Lipinski definition) is 4. The van der Waals surface area contributed by atoms with Crippen LogP contribution in [0.1, 0.15) is 5.56 Å². The van der Waals surface area contributed by atoms with Crippen LogP contribution >= 0.6 is 24.8 Å². The molecule has 0 unspecified atom stereocenters. The van der Waals surface area contributed by atoms with Crippen molar-refractivity contribution in [3.05, 3.63) is 29.8 Å². The Balaban J connectivity index is 0.00000132. The van der Waals surface area contributed by atoms with Gasteiger partial charge in [0.15, 0.2) is 0 Å². The molecule has 3 rings (SSSR count). The Labute approximate surface area is 150 Å². The molecule has 5 nitrogen and oxygen atoms in total. The second kappa shape index (κ2) is 8.73. The first-order valence-corrected chi connectivity index (χ1v) is 7.52. The first-order valence-electron chi connectivity index (χ1n) is 7.52. The highest BCUT2D eigenvalue weighted by atomic mass is 35.5. The Hall–Kier alpha value is -1.01. The molecule has 2 saturated heterocycles. The predicted molar refractivity (Wildman–Crippen MR) is 96.4 cm³/mol. The number of anilines is 1. The summed E-state index contributed by atoms with van der Waals surface area (Å²) in [6, 6.07) is 7.73. The molecule has 0 spiro atoms. The van der Waals surface area contributed by atoms with Gasteiger partial charge in [-0.3, -0.25) is 4.79 Å². The quantitative estimate of drug-likeness (QED) is 0.809. The molecular formula is C16H25Cl2N3O2. The van der Waals surface area contributed by atoms with Crippen LogP contribution in [0.4, 0.5) is 5.69 Å². The number of ether oxygens (including phenoxy) is 1. The van der Waals surface area contributed by atoms with Crippen LogP contribution in [0.3, 0.4) is 0 Å². The number of carbonyl (C=O) groups excluding carboxylic acids is 1. The minimum absolute atomic E-state index is 0. The number of hydrogen-bond donors (Lipinski definition) is 1. The van der Waals surface area contributed by atoms with Crippen LogP contribution in [0.2, 0.25) is 0 Å². The van der Waals surface area contributed by atoms with Gasteiger partial charge < -0.3 is 20.3 Å². The Morgan fingerprint density at radius 3 is 2.57 bits per heavy atom. The standard InChI is InChI=1S/C16H23N3O2.2ClH/c1-18-7-13-8-19(15(9-18)11-21-10-13)16(20)6-12-2-4-14(17)5-3-12;;/h2-5,13,15H,6-11,17H2,1H3;2*1H/t13-,15-;;/m0../s1. The van der Waals surface area contributed by atoms with Crippen molar-refractivity contribution in [2.45, 2.75) is 12.5 Å². The summed E-state index contributed by atoms with van der Waals surface area (Å²) in [5.74, 6) is 0.605. The van der Waals surface area contributed by atoms with Crippen LogP contribution in [0.5, 0.6) is 0 Å². The van der Waals surface area contributed by atoms with Crippen molar-refractivity contribution in [3.8, 4) is 0 Å². The fourth-order valence-corrected chi connectivity index (χ4v) is 3.29. The van der Waals surface area contributed by atoms with Crippen molar-refractivity contribution in [1.29, 1.82) is 0 Å². The Morgan fingerprint density at radius 1 is 1.17 bits per heavy atom. The van der Waals surface area contributed by atoms with Crippen LogP contribution in [0.15, 0.2) is 24.3 Å². The fourth-order valence-electron chi connectivity index (χ4n) is 3.29. The van der Waals surface area contributed by atoms with E-state index >= 15 is 0 Å². The van der Waals surface area contributed by atoms with Gasteiger partial charge in [0.05, 0.1) is 25.7 Å². The number of rotatable bonds is 2. The molecule has 0 aromatic heterocycles. The van der Waals surface area contributed by atoms with Gasteiger partial charge in [0.2, 0.25) is 5.91 Å². The molecule has 2 atom stereocenters. The van der Waals surface area contributed by atoms with Gasteiger partial charge in [0, 0.05) is 31.2 Å². The van der Waals surface area contributed by atoms with Gasteiger partial charge in [-0.15, -0.1) is 24.8 Å². The summed E-state index contributed by atoms with van der Waals surface area (Å²) < 4.78 is 5.72. The fraction of sp³-hybridized carbons (Fsp3) is 0.562. The molecule has 2 heterocycles. The molecule has 7 heteroatoms.